The fourth-order valence-electron chi connectivity index (χ4n) is 2.33. The Hall–Kier alpha value is -3.08. The van der Waals surface area contributed by atoms with Crippen molar-refractivity contribution >= 4 is 12.0 Å². The molecule has 1 aromatic carbocycles. The number of furan rings is 1. The van der Waals surface area contributed by atoms with Gasteiger partial charge in [-0.25, -0.2) is 4.98 Å². The molecule has 2 aromatic heterocycles. The number of rotatable bonds is 5. The molecule has 0 spiro atoms. The van der Waals surface area contributed by atoms with E-state index >= 15 is 0 Å². The first kappa shape index (κ1) is 14.8. The second-order valence-corrected chi connectivity index (χ2v) is 5.10. The third kappa shape index (κ3) is 3.58. The van der Waals surface area contributed by atoms with Crippen LogP contribution in [0.3, 0.4) is 0 Å². The molecule has 0 aliphatic heterocycles. The summed E-state index contributed by atoms with van der Waals surface area (Å²) in [7, 11) is 1.91. The monoisotopic (exact) mass is 307 g/mol. The lowest BCUT2D eigenvalue weighted by Gasteiger charge is -2.18. The Kier molecular flexibility index (Phi) is 4.38. The largest absolute Gasteiger partial charge is 0.465 e. The number of carbonyl (C=O) groups is 1. The molecule has 1 atom stereocenters. The number of benzene rings is 1. The highest BCUT2D eigenvalue weighted by Gasteiger charge is 2.19. The first-order valence-corrected chi connectivity index (χ1v) is 7.28. The summed E-state index contributed by atoms with van der Waals surface area (Å²) in [5.41, 5.74) is 0.974. The van der Waals surface area contributed by atoms with Gasteiger partial charge in [-0.05, 0) is 23.8 Å². The number of hydrogen-bond donors (Lipinski definition) is 1. The maximum atomic E-state index is 12.3. The Labute approximate surface area is 134 Å². The van der Waals surface area contributed by atoms with E-state index in [2.05, 4.69) is 10.3 Å². The molecule has 2 heterocycles. The van der Waals surface area contributed by atoms with Gasteiger partial charge in [-0.3, -0.25) is 4.79 Å². The molecule has 0 bridgehead atoms. The molecular weight excluding hydrogens is 290 g/mol. The van der Waals surface area contributed by atoms with E-state index in [1.807, 2.05) is 48.1 Å². The van der Waals surface area contributed by atoms with Crippen molar-refractivity contribution in [2.24, 2.45) is 7.05 Å². The molecule has 3 aromatic rings. The molecule has 0 aliphatic rings. The Morgan fingerprint density at radius 3 is 2.74 bits per heavy atom. The van der Waals surface area contributed by atoms with Crippen LogP contribution in [-0.4, -0.2) is 15.5 Å². The van der Waals surface area contributed by atoms with Crippen LogP contribution in [0.4, 0.5) is 0 Å². The lowest BCUT2D eigenvalue weighted by atomic mass is 10.1. The van der Waals surface area contributed by atoms with Crippen molar-refractivity contribution in [3.8, 4) is 0 Å². The molecule has 116 valence electrons. The highest BCUT2D eigenvalue weighted by molar-refractivity contribution is 5.91. The van der Waals surface area contributed by atoms with E-state index in [1.165, 1.54) is 6.08 Å². The molecule has 0 unspecified atom stereocenters. The van der Waals surface area contributed by atoms with E-state index in [4.69, 9.17) is 4.42 Å². The zero-order valence-electron chi connectivity index (χ0n) is 12.7. The molecule has 1 amide bonds. The molecule has 1 N–H and O–H groups in total. The predicted molar refractivity (Wildman–Crippen MR) is 87.4 cm³/mol. The maximum Gasteiger partial charge on any atom is 0.244 e. The van der Waals surface area contributed by atoms with E-state index in [0.717, 1.165) is 11.4 Å². The summed E-state index contributed by atoms with van der Waals surface area (Å²) in [5, 5.41) is 2.99. The van der Waals surface area contributed by atoms with Gasteiger partial charge >= 0.3 is 0 Å². The van der Waals surface area contributed by atoms with Crippen LogP contribution in [0.15, 0.2) is 71.6 Å². The second-order valence-electron chi connectivity index (χ2n) is 5.10. The summed E-state index contributed by atoms with van der Waals surface area (Å²) in [5.74, 6) is 1.20. The van der Waals surface area contributed by atoms with Gasteiger partial charge in [0.25, 0.3) is 0 Å². The van der Waals surface area contributed by atoms with Gasteiger partial charge in [0.2, 0.25) is 5.91 Å². The zero-order chi connectivity index (χ0) is 16.1. The van der Waals surface area contributed by atoms with Crippen LogP contribution in [0, 0.1) is 0 Å². The van der Waals surface area contributed by atoms with E-state index < -0.39 is 0 Å². The van der Waals surface area contributed by atoms with Crippen LogP contribution < -0.4 is 5.32 Å². The minimum absolute atomic E-state index is 0.210. The summed E-state index contributed by atoms with van der Waals surface area (Å²) < 4.78 is 7.08. The Morgan fingerprint density at radius 2 is 2.09 bits per heavy atom. The van der Waals surface area contributed by atoms with Crippen LogP contribution in [0.25, 0.3) is 6.08 Å². The maximum absolute atomic E-state index is 12.3. The van der Waals surface area contributed by atoms with Crippen molar-refractivity contribution in [3.63, 3.8) is 0 Å². The number of aryl methyl sites for hydroxylation is 1. The Balaban J connectivity index is 1.82. The molecule has 23 heavy (non-hydrogen) atoms. The van der Waals surface area contributed by atoms with E-state index in [-0.39, 0.29) is 11.9 Å². The summed E-state index contributed by atoms with van der Waals surface area (Å²) in [6, 6.07) is 13.0. The highest BCUT2D eigenvalue weighted by atomic mass is 16.3. The van der Waals surface area contributed by atoms with Gasteiger partial charge in [0.05, 0.1) is 6.26 Å². The molecule has 5 heteroatoms. The summed E-state index contributed by atoms with van der Waals surface area (Å²) >= 11 is 0. The average molecular weight is 307 g/mol. The van der Waals surface area contributed by atoms with Gasteiger partial charge in [-0.2, -0.15) is 0 Å². The van der Waals surface area contributed by atoms with Crippen LogP contribution in [0.5, 0.6) is 0 Å². The van der Waals surface area contributed by atoms with E-state index in [9.17, 15) is 4.79 Å². The molecule has 0 fully saturated rings. The number of nitrogens with zero attached hydrogens (tertiary/aromatic N) is 2. The van der Waals surface area contributed by atoms with Gasteiger partial charge in [0.15, 0.2) is 0 Å². The van der Waals surface area contributed by atoms with E-state index in [0.29, 0.717) is 5.76 Å². The van der Waals surface area contributed by atoms with Gasteiger partial charge in [-0.1, -0.05) is 30.3 Å². The standard InChI is InChI=1S/C18H17N3O2/c1-21-12-11-19-18(21)17(14-6-3-2-4-7-14)20-16(22)10-9-15-8-5-13-23-15/h2-13,17H,1H3,(H,20,22)/b10-9-/t17-/m1/s1. The van der Waals surface area contributed by atoms with Crippen molar-refractivity contribution in [1.82, 2.24) is 14.9 Å². The number of carbonyl (C=O) groups excluding carboxylic acids is 1. The van der Waals surface area contributed by atoms with Crippen LogP contribution >= 0.6 is 0 Å². The predicted octanol–water partition coefficient (Wildman–Crippen LogP) is 2.93. The van der Waals surface area contributed by atoms with Gasteiger partial charge < -0.3 is 14.3 Å². The number of hydrogen-bond acceptors (Lipinski definition) is 3. The van der Waals surface area contributed by atoms with Gasteiger partial charge in [0.1, 0.15) is 17.6 Å². The number of imidazole rings is 1. The van der Waals surface area contributed by atoms with Crippen molar-refractivity contribution < 1.29 is 9.21 Å². The quantitative estimate of drug-likeness (QED) is 0.737. The second kappa shape index (κ2) is 6.79. The molecule has 3 rings (SSSR count). The van der Waals surface area contributed by atoms with Crippen molar-refractivity contribution in [3.05, 3.63) is 84.3 Å². The smallest absolute Gasteiger partial charge is 0.244 e. The Morgan fingerprint density at radius 1 is 1.26 bits per heavy atom. The SMILES string of the molecule is Cn1ccnc1[C@H](NC(=O)/C=C\c1ccco1)c1ccccc1. The zero-order valence-corrected chi connectivity index (χ0v) is 12.7. The van der Waals surface area contributed by atoms with E-state index in [1.54, 1.807) is 30.7 Å². The van der Waals surface area contributed by atoms with Crippen molar-refractivity contribution in [2.45, 2.75) is 6.04 Å². The third-order valence-corrected chi connectivity index (χ3v) is 3.48. The number of aromatic nitrogens is 2. The molecular formula is C18H17N3O2. The minimum atomic E-state index is -0.315. The van der Waals surface area contributed by atoms with Crippen molar-refractivity contribution in [2.75, 3.05) is 0 Å². The lowest BCUT2D eigenvalue weighted by molar-refractivity contribution is -0.117. The third-order valence-electron chi connectivity index (χ3n) is 3.48. The summed E-state index contributed by atoms with van der Waals surface area (Å²) in [4.78, 5) is 16.6. The van der Waals surface area contributed by atoms with Crippen LogP contribution in [0.1, 0.15) is 23.2 Å². The molecule has 0 radical (unpaired) electrons. The highest BCUT2D eigenvalue weighted by Crippen LogP contribution is 2.20. The molecule has 5 nitrogen and oxygen atoms in total. The molecule has 0 saturated carbocycles. The van der Waals surface area contributed by atoms with Crippen LogP contribution in [0.2, 0.25) is 0 Å². The van der Waals surface area contributed by atoms with Gasteiger partial charge in [0, 0.05) is 25.5 Å². The topological polar surface area (TPSA) is 60.1 Å². The Bertz CT molecular complexity index is 789. The lowest BCUT2D eigenvalue weighted by Crippen LogP contribution is -2.29. The first-order chi connectivity index (χ1) is 11.2. The van der Waals surface area contributed by atoms with Crippen molar-refractivity contribution in [1.29, 1.82) is 0 Å². The molecule has 0 aliphatic carbocycles. The minimum Gasteiger partial charge on any atom is -0.465 e. The first-order valence-electron chi connectivity index (χ1n) is 7.28. The fraction of sp³-hybridized carbons (Fsp3) is 0.111. The normalized spacial score (nSPS) is 12.4. The summed E-state index contributed by atoms with van der Waals surface area (Å²) in [6.45, 7) is 0. The number of amides is 1. The van der Waals surface area contributed by atoms with Crippen LogP contribution in [-0.2, 0) is 11.8 Å². The average Bonchev–Trinajstić information content (AvgIpc) is 3.23. The summed E-state index contributed by atoms with van der Waals surface area (Å²) in [6.07, 6.45) is 8.23. The number of nitrogens with one attached hydrogen (secondary N) is 1. The fourth-order valence-corrected chi connectivity index (χ4v) is 2.33. The molecule has 0 saturated heterocycles. The van der Waals surface area contributed by atoms with Gasteiger partial charge in [-0.15, -0.1) is 0 Å².